The van der Waals surface area contributed by atoms with Gasteiger partial charge in [0, 0.05) is 19.2 Å². The number of hydrogen-bond acceptors (Lipinski definition) is 3. The van der Waals surface area contributed by atoms with Crippen molar-refractivity contribution >= 4 is 0 Å². The van der Waals surface area contributed by atoms with E-state index in [0.29, 0.717) is 18.1 Å². The van der Waals surface area contributed by atoms with Crippen molar-refractivity contribution in [1.82, 2.24) is 5.32 Å². The zero-order valence-corrected chi connectivity index (χ0v) is 11.6. The van der Waals surface area contributed by atoms with E-state index in [1.807, 2.05) is 0 Å². The zero-order chi connectivity index (χ0) is 13.1. The van der Waals surface area contributed by atoms with Gasteiger partial charge in [0.2, 0.25) is 0 Å². The predicted molar refractivity (Wildman–Crippen MR) is 75.7 cm³/mol. The van der Waals surface area contributed by atoms with E-state index in [9.17, 15) is 0 Å². The molecule has 1 aliphatic heterocycles. The second-order valence-electron chi connectivity index (χ2n) is 5.68. The fraction of sp³-hybridized carbons (Fsp3) is 0.625. The SMILES string of the molecule is COc1ccc(C2CC(NCC3CCCO3)C2)cc1. The average Bonchev–Trinajstić information content (AvgIpc) is 2.91. The van der Waals surface area contributed by atoms with Gasteiger partial charge in [-0.2, -0.15) is 0 Å². The standard InChI is InChI=1S/C16H23NO2/c1-18-15-6-4-12(5-7-15)13-9-14(10-13)17-11-16-3-2-8-19-16/h4-7,13-14,16-17H,2-3,8-11H2,1H3. The van der Waals surface area contributed by atoms with Crippen molar-refractivity contribution in [3.8, 4) is 5.75 Å². The smallest absolute Gasteiger partial charge is 0.118 e. The quantitative estimate of drug-likeness (QED) is 0.884. The molecule has 1 N–H and O–H groups in total. The number of nitrogens with one attached hydrogen (secondary N) is 1. The van der Waals surface area contributed by atoms with Gasteiger partial charge in [-0.05, 0) is 49.3 Å². The van der Waals surface area contributed by atoms with Crippen LogP contribution in [0.3, 0.4) is 0 Å². The van der Waals surface area contributed by atoms with Crippen molar-refractivity contribution in [3.63, 3.8) is 0 Å². The molecule has 1 heterocycles. The lowest BCUT2D eigenvalue weighted by molar-refractivity contribution is 0.102. The topological polar surface area (TPSA) is 30.5 Å². The van der Waals surface area contributed by atoms with Gasteiger partial charge in [-0.3, -0.25) is 0 Å². The fourth-order valence-electron chi connectivity index (χ4n) is 3.04. The molecule has 1 aromatic carbocycles. The molecule has 0 bridgehead atoms. The van der Waals surface area contributed by atoms with Crippen LogP contribution in [-0.2, 0) is 4.74 Å². The molecular weight excluding hydrogens is 238 g/mol. The molecule has 0 radical (unpaired) electrons. The van der Waals surface area contributed by atoms with Crippen LogP contribution in [0.15, 0.2) is 24.3 Å². The summed E-state index contributed by atoms with van der Waals surface area (Å²) in [5, 5.41) is 3.63. The molecule has 19 heavy (non-hydrogen) atoms. The molecule has 1 unspecified atom stereocenters. The number of hydrogen-bond donors (Lipinski definition) is 1. The lowest BCUT2D eigenvalue weighted by atomic mass is 9.76. The largest absolute Gasteiger partial charge is 0.497 e. The minimum atomic E-state index is 0.458. The normalized spacial score (nSPS) is 30.1. The summed E-state index contributed by atoms with van der Waals surface area (Å²) in [7, 11) is 1.71. The van der Waals surface area contributed by atoms with Crippen molar-refractivity contribution in [1.29, 1.82) is 0 Å². The molecule has 0 amide bonds. The number of ether oxygens (including phenoxy) is 2. The van der Waals surface area contributed by atoms with E-state index in [-0.39, 0.29) is 0 Å². The van der Waals surface area contributed by atoms with E-state index in [1.54, 1.807) is 7.11 Å². The van der Waals surface area contributed by atoms with Gasteiger partial charge >= 0.3 is 0 Å². The Kier molecular flexibility index (Phi) is 4.04. The molecule has 104 valence electrons. The first kappa shape index (κ1) is 12.9. The maximum absolute atomic E-state index is 5.63. The van der Waals surface area contributed by atoms with Crippen molar-refractivity contribution in [2.24, 2.45) is 0 Å². The van der Waals surface area contributed by atoms with E-state index in [4.69, 9.17) is 9.47 Å². The summed E-state index contributed by atoms with van der Waals surface area (Å²) in [5.41, 5.74) is 1.44. The summed E-state index contributed by atoms with van der Waals surface area (Å²) < 4.78 is 10.8. The van der Waals surface area contributed by atoms with Crippen LogP contribution in [0, 0.1) is 0 Å². The molecule has 2 aliphatic rings. The maximum Gasteiger partial charge on any atom is 0.118 e. The van der Waals surface area contributed by atoms with Crippen molar-refractivity contribution in [2.75, 3.05) is 20.3 Å². The Labute approximate surface area is 115 Å². The Bertz CT molecular complexity index is 392. The molecule has 1 atom stereocenters. The maximum atomic E-state index is 5.63. The van der Waals surface area contributed by atoms with Gasteiger partial charge in [-0.25, -0.2) is 0 Å². The van der Waals surface area contributed by atoms with E-state index >= 15 is 0 Å². The highest BCUT2D eigenvalue weighted by Crippen LogP contribution is 2.37. The Balaban J connectivity index is 1.41. The van der Waals surface area contributed by atoms with Gasteiger partial charge in [-0.1, -0.05) is 12.1 Å². The monoisotopic (exact) mass is 261 g/mol. The van der Waals surface area contributed by atoms with Gasteiger partial charge in [-0.15, -0.1) is 0 Å². The second kappa shape index (κ2) is 5.93. The lowest BCUT2D eigenvalue weighted by Crippen LogP contribution is -2.43. The molecule has 2 fully saturated rings. The first-order valence-electron chi connectivity index (χ1n) is 7.34. The summed E-state index contributed by atoms with van der Waals surface area (Å²) in [6.07, 6.45) is 5.41. The third kappa shape index (κ3) is 3.10. The highest BCUT2D eigenvalue weighted by molar-refractivity contribution is 5.30. The molecule has 1 aromatic rings. The summed E-state index contributed by atoms with van der Waals surface area (Å²) in [5.74, 6) is 1.66. The highest BCUT2D eigenvalue weighted by atomic mass is 16.5. The minimum absolute atomic E-state index is 0.458. The van der Waals surface area contributed by atoms with Crippen LogP contribution in [0.1, 0.15) is 37.2 Å². The molecule has 1 saturated carbocycles. The van der Waals surface area contributed by atoms with E-state index in [1.165, 1.54) is 31.2 Å². The molecule has 1 saturated heterocycles. The molecule has 3 heteroatoms. The lowest BCUT2D eigenvalue weighted by Gasteiger charge is -2.37. The Morgan fingerprint density at radius 1 is 1.26 bits per heavy atom. The van der Waals surface area contributed by atoms with Crippen LogP contribution < -0.4 is 10.1 Å². The minimum Gasteiger partial charge on any atom is -0.497 e. The predicted octanol–water partition coefficient (Wildman–Crippen LogP) is 2.71. The Hall–Kier alpha value is -1.06. The van der Waals surface area contributed by atoms with Crippen LogP contribution in [0.5, 0.6) is 5.75 Å². The summed E-state index contributed by atoms with van der Waals surface area (Å²) in [4.78, 5) is 0. The number of benzene rings is 1. The van der Waals surface area contributed by atoms with Crippen LogP contribution in [0.25, 0.3) is 0 Å². The molecule has 1 aliphatic carbocycles. The van der Waals surface area contributed by atoms with Gasteiger partial charge in [0.1, 0.15) is 5.75 Å². The van der Waals surface area contributed by atoms with E-state index < -0.39 is 0 Å². The van der Waals surface area contributed by atoms with Crippen LogP contribution in [0.2, 0.25) is 0 Å². The highest BCUT2D eigenvalue weighted by Gasteiger charge is 2.30. The Morgan fingerprint density at radius 2 is 2.05 bits per heavy atom. The third-order valence-electron chi connectivity index (χ3n) is 4.38. The summed E-state index contributed by atoms with van der Waals surface area (Å²) in [6.45, 7) is 1.98. The average molecular weight is 261 g/mol. The summed E-state index contributed by atoms with van der Waals surface area (Å²) >= 11 is 0. The molecular formula is C16H23NO2. The zero-order valence-electron chi connectivity index (χ0n) is 11.6. The van der Waals surface area contributed by atoms with Crippen molar-refractivity contribution in [3.05, 3.63) is 29.8 Å². The third-order valence-corrected chi connectivity index (χ3v) is 4.38. The molecule has 3 rings (SSSR count). The van der Waals surface area contributed by atoms with Crippen LogP contribution in [-0.4, -0.2) is 32.4 Å². The molecule has 3 nitrogen and oxygen atoms in total. The Morgan fingerprint density at radius 3 is 2.68 bits per heavy atom. The molecule has 0 spiro atoms. The van der Waals surface area contributed by atoms with Gasteiger partial charge in [0.25, 0.3) is 0 Å². The number of rotatable bonds is 5. The fourth-order valence-corrected chi connectivity index (χ4v) is 3.04. The van der Waals surface area contributed by atoms with Crippen molar-refractivity contribution in [2.45, 2.75) is 43.7 Å². The van der Waals surface area contributed by atoms with Crippen LogP contribution in [0.4, 0.5) is 0 Å². The first-order chi connectivity index (χ1) is 9.35. The summed E-state index contributed by atoms with van der Waals surface area (Å²) in [6, 6.07) is 9.18. The second-order valence-corrected chi connectivity index (χ2v) is 5.68. The van der Waals surface area contributed by atoms with E-state index in [2.05, 4.69) is 29.6 Å². The molecule has 0 aromatic heterocycles. The first-order valence-corrected chi connectivity index (χ1v) is 7.34. The number of methoxy groups -OCH3 is 1. The van der Waals surface area contributed by atoms with Gasteiger partial charge in [0.15, 0.2) is 0 Å². The van der Waals surface area contributed by atoms with E-state index in [0.717, 1.165) is 18.9 Å². The van der Waals surface area contributed by atoms with Gasteiger partial charge < -0.3 is 14.8 Å². The van der Waals surface area contributed by atoms with Crippen molar-refractivity contribution < 1.29 is 9.47 Å². The van der Waals surface area contributed by atoms with Gasteiger partial charge in [0.05, 0.1) is 13.2 Å². The van der Waals surface area contributed by atoms with Crippen LogP contribution >= 0.6 is 0 Å².